The van der Waals surface area contributed by atoms with E-state index in [1.807, 2.05) is 0 Å². The molecule has 2 aromatic rings. The minimum atomic E-state index is -0.597. The van der Waals surface area contributed by atoms with Crippen LogP contribution in [0.5, 0.6) is 5.75 Å². The summed E-state index contributed by atoms with van der Waals surface area (Å²) in [5, 5.41) is 0. The number of rotatable bonds is 3. The standard InChI is InChI=1S/C13H9F2O.BrH.Mg/c14-12-7-4-8-13(15)11(12)9-16-10-5-2-1-3-6-10;;/h1-2,4-8H,9H2;1H;/q-1;;+2/p-1. The molecule has 0 aliphatic heterocycles. The van der Waals surface area contributed by atoms with E-state index in [9.17, 15) is 8.78 Å². The van der Waals surface area contributed by atoms with Crippen molar-refractivity contribution in [3.63, 3.8) is 0 Å². The first-order valence-corrected chi connectivity index (χ1v) is 4.79. The van der Waals surface area contributed by atoms with Crippen LogP contribution in [0.4, 0.5) is 8.78 Å². The summed E-state index contributed by atoms with van der Waals surface area (Å²) < 4.78 is 31.7. The minimum Gasteiger partial charge on any atom is -1.00 e. The fourth-order valence-corrected chi connectivity index (χ4v) is 1.29. The molecule has 0 atom stereocenters. The Bertz CT molecular complexity index is 459. The van der Waals surface area contributed by atoms with Crippen molar-refractivity contribution < 1.29 is 30.5 Å². The van der Waals surface area contributed by atoms with E-state index in [4.69, 9.17) is 4.74 Å². The zero-order valence-corrected chi connectivity index (χ0v) is 12.5. The zero-order valence-electron chi connectivity index (χ0n) is 9.50. The molecule has 0 aromatic heterocycles. The maximum absolute atomic E-state index is 13.2. The zero-order chi connectivity index (χ0) is 11.4. The number of halogens is 3. The Morgan fingerprint density at radius 2 is 1.72 bits per heavy atom. The first-order chi connectivity index (χ1) is 7.77. The van der Waals surface area contributed by atoms with Crippen LogP contribution >= 0.6 is 0 Å². The summed E-state index contributed by atoms with van der Waals surface area (Å²) in [6, 6.07) is 13.3. The van der Waals surface area contributed by atoms with Crippen molar-refractivity contribution in [3.05, 3.63) is 65.7 Å². The fourth-order valence-electron chi connectivity index (χ4n) is 1.29. The summed E-state index contributed by atoms with van der Waals surface area (Å²) in [6.45, 7) is -0.129. The molecule has 0 saturated heterocycles. The molecule has 0 spiro atoms. The summed E-state index contributed by atoms with van der Waals surface area (Å²) in [4.78, 5) is 0. The topological polar surface area (TPSA) is 9.23 Å². The molecule has 0 bridgehead atoms. The van der Waals surface area contributed by atoms with Gasteiger partial charge in [-0.25, -0.2) is 8.78 Å². The van der Waals surface area contributed by atoms with Gasteiger partial charge in [0.2, 0.25) is 0 Å². The Balaban J connectivity index is 0.00000144. The molecule has 5 heteroatoms. The van der Waals surface area contributed by atoms with Gasteiger partial charge in [-0.15, -0.1) is 12.1 Å². The van der Waals surface area contributed by atoms with E-state index in [1.165, 1.54) is 18.2 Å². The van der Waals surface area contributed by atoms with Gasteiger partial charge >= 0.3 is 23.1 Å². The largest absolute Gasteiger partial charge is 2.00 e. The van der Waals surface area contributed by atoms with Gasteiger partial charge in [0.25, 0.3) is 0 Å². The quantitative estimate of drug-likeness (QED) is 0.569. The third kappa shape index (κ3) is 4.55. The summed E-state index contributed by atoms with van der Waals surface area (Å²) in [5.41, 5.74) is -0.0636. The molecule has 0 saturated carbocycles. The van der Waals surface area contributed by atoms with Crippen LogP contribution < -0.4 is 21.7 Å². The van der Waals surface area contributed by atoms with E-state index in [2.05, 4.69) is 6.07 Å². The molecular formula is C13H9BrF2MgO. The number of ether oxygens (including phenoxy) is 1. The van der Waals surface area contributed by atoms with Gasteiger partial charge in [-0.05, 0) is 12.1 Å². The van der Waals surface area contributed by atoms with Crippen LogP contribution in [0.3, 0.4) is 0 Å². The van der Waals surface area contributed by atoms with Gasteiger partial charge in [-0.1, -0.05) is 6.07 Å². The van der Waals surface area contributed by atoms with Crippen molar-refractivity contribution in [2.24, 2.45) is 0 Å². The third-order valence-electron chi connectivity index (χ3n) is 2.12. The minimum absolute atomic E-state index is 0. The van der Waals surface area contributed by atoms with Crippen LogP contribution in [0.15, 0.2) is 42.5 Å². The summed E-state index contributed by atoms with van der Waals surface area (Å²) in [6.07, 6.45) is 0. The Labute approximate surface area is 131 Å². The van der Waals surface area contributed by atoms with Crippen LogP contribution in [0, 0.1) is 17.7 Å². The monoisotopic (exact) mass is 322 g/mol. The smallest absolute Gasteiger partial charge is 1.00 e. The molecule has 0 amide bonds. The second-order valence-corrected chi connectivity index (χ2v) is 3.23. The first kappa shape index (κ1) is 17.3. The van der Waals surface area contributed by atoms with Gasteiger partial charge in [0.1, 0.15) is 18.2 Å². The normalized spacial score (nSPS) is 9.00. The maximum Gasteiger partial charge on any atom is 2.00 e. The van der Waals surface area contributed by atoms with Crippen molar-refractivity contribution in [1.82, 2.24) is 0 Å². The van der Waals surface area contributed by atoms with Crippen molar-refractivity contribution in [3.8, 4) is 5.75 Å². The Kier molecular flexibility index (Phi) is 8.14. The first-order valence-electron chi connectivity index (χ1n) is 4.79. The van der Waals surface area contributed by atoms with E-state index in [0.29, 0.717) is 5.75 Å². The second-order valence-electron chi connectivity index (χ2n) is 3.23. The molecule has 0 unspecified atom stereocenters. The van der Waals surface area contributed by atoms with E-state index in [1.54, 1.807) is 24.3 Å². The van der Waals surface area contributed by atoms with Crippen LogP contribution in [-0.2, 0) is 6.61 Å². The molecular weight excluding hydrogens is 314 g/mol. The average molecular weight is 323 g/mol. The van der Waals surface area contributed by atoms with E-state index in [-0.39, 0.29) is 52.2 Å². The summed E-state index contributed by atoms with van der Waals surface area (Å²) >= 11 is 0. The van der Waals surface area contributed by atoms with Crippen molar-refractivity contribution >= 4 is 23.1 Å². The summed E-state index contributed by atoms with van der Waals surface area (Å²) in [7, 11) is 0. The van der Waals surface area contributed by atoms with E-state index >= 15 is 0 Å². The molecule has 0 aliphatic rings. The van der Waals surface area contributed by atoms with Gasteiger partial charge in [0, 0.05) is 5.75 Å². The average Bonchev–Trinajstić information content (AvgIpc) is 2.30. The molecule has 0 aliphatic carbocycles. The molecule has 2 aromatic carbocycles. The second kappa shape index (κ2) is 8.45. The number of benzene rings is 2. The molecule has 2 rings (SSSR count). The van der Waals surface area contributed by atoms with E-state index in [0.717, 1.165) is 0 Å². The Hall–Kier alpha value is -0.654. The van der Waals surface area contributed by atoms with Crippen molar-refractivity contribution in [1.29, 1.82) is 0 Å². The number of hydrogen-bond acceptors (Lipinski definition) is 1. The van der Waals surface area contributed by atoms with Crippen molar-refractivity contribution in [2.45, 2.75) is 6.61 Å². The van der Waals surface area contributed by atoms with Crippen LogP contribution in [0.1, 0.15) is 5.56 Å². The molecule has 1 nitrogen and oxygen atoms in total. The van der Waals surface area contributed by atoms with Crippen molar-refractivity contribution in [2.75, 3.05) is 0 Å². The molecule has 0 heterocycles. The summed E-state index contributed by atoms with van der Waals surface area (Å²) in [5.74, 6) is -0.662. The fraction of sp³-hybridized carbons (Fsp3) is 0.0769. The van der Waals surface area contributed by atoms with Gasteiger partial charge in [-0.2, -0.15) is 18.2 Å². The van der Waals surface area contributed by atoms with Crippen LogP contribution in [0.25, 0.3) is 0 Å². The Morgan fingerprint density at radius 1 is 1.06 bits per heavy atom. The maximum atomic E-state index is 13.2. The van der Waals surface area contributed by atoms with E-state index < -0.39 is 11.6 Å². The van der Waals surface area contributed by atoms with Gasteiger partial charge in [-0.3, -0.25) is 0 Å². The van der Waals surface area contributed by atoms with Gasteiger partial charge < -0.3 is 21.7 Å². The molecule has 0 radical (unpaired) electrons. The van der Waals surface area contributed by atoms with Gasteiger partial charge in [0.15, 0.2) is 0 Å². The SMILES string of the molecule is Fc1cccc(F)c1COc1c[c-]ccc1.[Br-].[Mg+2]. The predicted octanol–water partition coefficient (Wildman–Crippen LogP) is -0.0328. The third-order valence-corrected chi connectivity index (χ3v) is 2.12. The number of hydrogen-bond donors (Lipinski definition) is 0. The van der Waals surface area contributed by atoms with Crippen LogP contribution in [0.2, 0.25) is 0 Å². The molecule has 18 heavy (non-hydrogen) atoms. The van der Waals surface area contributed by atoms with Crippen LogP contribution in [-0.4, -0.2) is 23.1 Å². The molecule has 0 fully saturated rings. The van der Waals surface area contributed by atoms with Gasteiger partial charge in [0.05, 0.1) is 5.56 Å². The Morgan fingerprint density at radius 3 is 2.28 bits per heavy atom. The predicted molar refractivity (Wildman–Crippen MR) is 61.7 cm³/mol. The molecule has 90 valence electrons. The molecule has 0 N–H and O–H groups in total.